The number of nitrogens with one attached hydrogen (secondary N) is 1. The Hall–Kier alpha value is -3.52. The molecule has 1 aromatic heterocycles. The number of allylic oxidation sites excluding steroid dienone is 2. The normalized spacial score (nSPS) is 21.6. The molecule has 3 unspecified atom stereocenters. The van der Waals surface area contributed by atoms with Gasteiger partial charge in [0.1, 0.15) is 12.6 Å². The number of amides is 2. The first-order chi connectivity index (χ1) is 16.7. The molecule has 2 aromatic rings. The molecule has 3 heterocycles. The average molecular weight is 479 g/mol. The average Bonchev–Trinajstić information content (AvgIpc) is 3.13. The summed E-state index contributed by atoms with van der Waals surface area (Å²) in [5.74, 6) is 0.163. The maximum atomic E-state index is 13.8. The van der Waals surface area contributed by atoms with Crippen molar-refractivity contribution in [2.45, 2.75) is 38.4 Å². The van der Waals surface area contributed by atoms with Crippen molar-refractivity contribution in [1.29, 1.82) is 0 Å². The zero-order chi connectivity index (χ0) is 25.4. The van der Waals surface area contributed by atoms with Crippen molar-refractivity contribution < 1.29 is 19.4 Å². The number of fused-ring (bicyclic) bond motifs is 2. The van der Waals surface area contributed by atoms with Crippen LogP contribution in [0.2, 0.25) is 0 Å². The van der Waals surface area contributed by atoms with Crippen molar-refractivity contribution in [2.75, 3.05) is 34.3 Å². The van der Waals surface area contributed by atoms with Crippen LogP contribution in [0.25, 0.3) is 12.7 Å². The van der Waals surface area contributed by atoms with Gasteiger partial charge in [-0.2, -0.15) is 0 Å². The summed E-state index contributed by atoms with van der Waals surface area (Å²) in [4.78, 5) is 36.3. The van der Waals surface area contributed by atoms with E-state index in [1.54, 1.807) is 28.0 Å². The number of ether oxygens (including phenoxy) is 1. The Labute approximate surface area is 205 Å². The van der Waals surface area contributed by atoms with Crippen LogP contribution in [0, 0.1) is 0 Å². The Bertz CT molecular complexity index is 1280. The van der Waals surface area contributed by atoms with Crippen molar-refractivity contribution in [3.63, 3.8) is 0 Å². The van der Waals surface area contributed by atoms with Crippen molar-refractivity contribution in [3.05, 3.63) is 57.7 Å². The standard InChI is InChI=1S/C27H34N4O4/c1-7-8-9-19-17(3)28-25-20(19)13-21-27(34)30(16(2)14-29(4)5)15-24(33)31(21)26(25)18-10-11-22(32)23(12-18)35-6/h7-12,16,21,26,28,32H,3,13-15H2,1-2,4-6H3/b8-7-,19-9+. The van der Waals surface area contributed by atoms with Gasteiger partial charge >= 0.3 is 0 Å². The van der Waals surface area contributed by atoms with Crippen LogP contribution in [0.4, 0.5) is 0 Å². The van der Waals surface area contributed by atoms with Gasteiger partial charge in [-0.25, -0.2) is 0 Å². The van der Waals surface area contributed by atoms with Gasteiger partial charge in [-0.3, -0.25) is 9.59 Å². The van der Waals surface area contributed by atoms with Gasteiger partial charge in [-0.1, -0.05) is 30.9 Å². The van der Waals surface area contributed by atoms with E-state index in [-0.39, 0.29) is 30.2 Å². The molecule has 3 atom stereocenters. The first kappa shape index (κ1) is 24.6. The number of carbonyl (C=O) groups is 2. The Morgan fingerprint density at radius 3 is 2.74 bits per heavy atom. The molecular formula is C27H34N4O4. The van der Waals surface area contributed by atoms with Crippen LogP contribution < -0.4 is 15.3 Å². The number of nitrogens with zero attached hydrogens (tertiary/aromatic N) is 3. The summed E-state index contributed by atoms with van der Waals surface area (Å²) >= 11 is 0. The third-order valence-corrected chi connectivity index (χ3v) is 6.84. The van der Waals surface area contributed by atoms with E-state index in [1.165, 1.54) is 7.11 Å². The Balaban J connectivity index is 1.89. The number of hydrogen-bond donors (Lipinski definition) is 2. The van der Waals surface area contributed by atoms with Gasteiger partial charge in [0.15, 0.2) is 11.5 Å². The first-order valence-corrected chi connectivity index (χ1v) is 11.8. The monoisotopic (exact) mass is 478 g/mol. The highest BCUT2D eigenvalue weighted by molar-refractivity contribution is 5.96. The molecule has 0 spiro atoms. The first-order valence-electron chi connectivity index (χ1n) is 11.8. The maximum Gasteiger partial charge on any atom is 0.246 e. The van der Waals surface area contributed by atoms with Crippen molar-refractivity contribution in [3.8, 4) is 11.5 Å². The van der Waals surface area contributed by atoms with Crippen LogP contribution in [0.3, 0.4) is 0 Å². The Morgan fingerprint density at radius 1 is 1.34 bits per heavy atom. The van der Waals surface area contributed by atoms with Crippen molar-refractivity contribution in [1.82, 2.24) is 19.7 Å². The number of aromatic hydroxyl groups is 1. The minimum Gasteiger partial charge on any atom is -0.504 e. The van der Waals surface area contributed by atoms with Crippen LogP contribution in [0.5, 0.6) is 11.5 Å². The maximum absolute atomic E-state index is 13.8. The van der Waals surface area contributed by atoms with Crippen LogP contribution >= 0.6 is 0 Å². The summed E-state index contributed by atoms with van der Waals surface area (Å²) in [6.45, 7) is 8.82. The number of benzene rings is 1. The molecule has 1 fully saturated rings. The van der Waals surface area contributed by atoms with Gasteiger partial charge in [-0.05, 0) is 51.2 Å². The van der Waals surface area contributed by atoms with E-state index in [4.69, 9.17) is 4.74 Å². The number of methoxy groups -OCH3 is 1. The summed E-state index contributed by atoms with van der Waals surface area (Å²) in [6, 6.07) is 3.79. The van der Waals surface area contributed by atoms with E-state index in [0.717, 1.165) is 27.4 Å². The fourth-order valence-corrected chi connectivity index (χ4v) is 5.30. The lowest BCUT2D eigenvalue weighted by Crippen LogP contribution is -2.65. The molecule has 2 aliphatic heterocycles. The molecule has 35 heavy (non-hydrogen) atoms. The van der Waals surface area contributed by atoms with E-state index in [9.17, 15) is 14.7 Å². The van der Waals surface area contributed by atoms with Gasteiger partial charge in [-0.15, -0.1) is 0 Å². The number of aromatic amines is 1. The molecule has 1 aromatic carbocycles. The molecule has 2 N–H and O–H groups in total. The van der Waals surface area contributed by atoms with Crippen molar-refractivity contribution in [2.24, 2.45) is 0 Å². The molecular weight excluding hydrogens is 444 g/mol. The van der Waals surface area contributed by atoms with E-state index in [2.05, 4.69) is 11.6 Å². The molecule has 8 heteroatoms. The molecule has 8 nitrogen and oxygen atoms in total. The number of hydrogen-bond acceptors (Lipinski definition) is 5. The summed E-state index contributed by atoms with van der Waals surface area (Å²) in [6.07, 6.45) is 6.29. The third-order valence-electron chi connectivity index (χ3n) is 6.84. The highest BCUT2D eigenvalue weighted by Gasteiger charge is 2.49. The quantitative estimate of drug-likeness (QED) is 0.650. The van der Waals surface area contributed by atoms with Gasteiger partial charge in [0.05, 0.1) is 13.2 Å². The highest BCUT2D eigenvalue weighted by atomic mass is 16.5. The second-order valence-corrected chi connectivity index (χ2v) is 9.53. The smallest absolute Gasteiger partial charge is 0.246 e. The molecule has 1 saturated heterocycles. The van der Waals surface area contributed by atoms with Crippen LogP contribution in [-0.2, 0) is 16.0 Å². The summed E-state index contributed by atoms with van der Waals surface area (Å²) in [5, 5.41) is 11.8. The van der Waals surface area contributed by atoms with Crippen molar-refractivity contribution >= 4 is 24.5 Å². The van der Waals surface area contributed by atoms with Gasteiger partial charge in [0.25, 0.3) is 0 Å². The predicted molar refractivity (Wildman–Crippen MR) is 135 cm³/mol. The van der Waals surface area contributed by atoms with Gasteiger partial charge < -0.3 is 29.5 Å². The Morgan fingerprint density at radius 2 is 2.09 bits per heavy atom. The largest absolute Gasteiger partial charge is 0.504 e. The lowest BCUT2D eigenvalue weighted by Gasteiger charge is -2.48. The zero-order valence-electron chi connectivity index (χ0n) is 21.0. The number of aromatic nitrogens is 1. The highest BCUT2D eigenvalue weighted by Crippen LogP contribution is 2.40. The van der Waals surface area contributed by atoms with E-state index >= 15 is 0 Å². The number of carbonyl (C=O) groups excluding carboxylic acids is 2. The number of piperazine rings is 1. The number of phenolic OH excluding ortho intramolecular Hbond substituents is 1. The number of phenols is 1. The van der Waals surface area contributed by atoms with E-state index in [1.807, 2.05) is 51.1 Å². The van der Waals surface area contributed by atoms with E-state index in [0.29, 0.717) is 18.7 Å². The minimum absolute atomic E-state index is 0.0139. The van der Waals surface area contributed by atoms with E-state index < -0.39 is 12.1 Å². The topological polar surface area (TPSA) is 89.1 Å². The molecule has 2 aliphatic rings. The van der Waals surface area contributed by atoms with Gasteiger partial charge in [0.2, 0.25) is 11.8 Å². The fourth-order valence-electron chi connectivity index (χ4n) is 5.30. The molecule has 4 rings (SSSR count). The summed E-state index contributed by atoms with van der Waals surface area (Å²) in [7, 11) is 5.40. The summed E-state index contributed by atoms with van der Waals surface area (Å²) in [5.41, 5.74) is 2.57. The second-order valence-electron chi connectivity index (χ2n) is 9.53. The van der Waals surface area contributed by atoms with Crippen LogP contribution in [0.15, 0.2) is 30.4 Å². The fraction of sp³-hybridized carbons (Fsp3) is 0.407. The third kappa shape index (κ3) is 4.34. The lowest BCUT2D eigenvalue weighted by molar-refractivity contribution is -0.160. The van der Waals surface area contributed by atoms with Gasteiger partial charge in [0, 0.05) is 35.3 Å². The molecule has 0 bridgehead atoms. The molecule has 186 valence electrons. The molecule has 0 saturated carbocycles. The SMILES string of the molecule is C=c1[nH]c2c(/c1=C/C=C\C)CC1C(=O)N(C(C)CN(C)C)CC(=O)N1C2c1ccc(O)c(OC)c1. The number of rotatable bonds is 6. The summed E-state index contributed by atoms with van der Waals surface area (Å²) < 4.78 is 5.34. The molecule has 0 radical (unpaired) electrons. The minimum atomic E-state index is -0.633. The molecule has 2 amide bonds. The Kier molecular flexibility index (Phi) is 6.76. The number of likely N-dealkylation sites (N-methyl/N-ethyl adjacent to an activating group) is 1. The van der Waals surface area contributed by atoms with Crippen LogP contribution in [-0.4, -0.2) is 83.0 Å². The predicted octanol–water partition coefficient (Wildman–Crippen LogP) is 1.13. The lowest BCUT2D eigenvalue weighted by atomic mass is 9.86. The number of H-pyrrole nitrogens is 1. The molecule has 0 aliphatic carbocycles. The zero-order valence-corrected chi connectivity index (χ0v) is 21.0. The second kappa shape index (κ2) is 9.62. The van der Waals surface area contributed by atoms with Crippen LogP contribution in [0.1, 0.15) is 36.7 Å².